The zero-order chi connectivity index (χ0) is 22.9. The number of thiophene rings is 1. The second kappa shape index (κ2) is 9.07. The van der Waals surface area contributed by atoms with Gasteiger partial charge in [0.2, 0.25) is 11.7 Å². The fraction of sp³-hybridized carbons (Fsp3) is 0.333. The van der Waals surface area contributed by atoms with Crippen LogP contribution in [0, 0.1) is 5.92 Å². The number of fused-ring (bicyclic) bond motifs is 1. The SMILES string of the molecule is CC(C)CCn1c(SCc2nc(-c3ccc(C(F)(F)F)cc3)no2)nc2ccsc2c1=O. The van der Waals surface area contributed by atoms with E-state index in [0.29, 0.717) is 39.3 Å². The molecule has 3 heterocycles. The molecule has 0 bridgehead atoms. The van der Waals surface area contributed by atoms with Crippen molar-refractivity contribution in [1.82, 2.24) is 19.7 Å². The van der Waals surface area contributed by atoms with Gasteiger partial charge in [-0.3, -0.25) is 9.36 Å². The average molecular weight is 481 g/mol. The summed E-state index contributed by atoms with van der Waals surface area (Å²) in [5.74, 6) is 1.20. The van der Waals surface area contributed by atoms with Crippen LogP contribution in [0.1, 0.15) is 31.7 Å². The molecule has 0 saturated carbocycles. The van der Waals surface area contributed by atoms with Crippen molar-refractivity contribution in [3.05, 3.63) is 57.5 Å². The summed E-state index contributed by atoms with van der Waals surface area (Å²) in [7, 11) is 0. The monoisotopic (exact) mass is 480 g/mol. The molecule has 0 fully saturated rings. The Bertz CT molecular complexity index is 1280. The zero-order valence-electron chi connectivity index (χ0n) is 17.2. The van der Waals surface area contributed by atoms with Crippen LogP contribution >= 0.6 is 23.1 Å². The highest BCUT2D eigenvalue weighted by Gasteiger charge is 2.30. The summed E-state index contributed by atoms with van der Waals surface area (Å²) < 4.78 is 45.8. The molecular weight excluding hydrogens is 461 g/mol. The molecule has 4 aromatic rings. The highest BCUT2D eigenvalue weighted by Crippen LogP contribution is 2.31. The van der Waals surface area contributed by atoms with E-state index in [2.05, 4.69) is 29.0 Å². The molecule has 4 rings (SSSR count). The maximum atomic E-state index is 12.9. The summed E-state index contributed by atoms with van der Waals surface area (Å²) in [6.07, 6.45) is -3.57. The molecule has 1 aromatic carbocycles. The normalized spacial score (nSPS) is 12.2. The van der Waals surface area contributed by atoms with Crippen molar-refractivity contribution >= 4 is 33.3 Å². The quantitative estimate of drug-likeness (QED) is 0.243. The van der Waals surface area contributed by atoms with Gasteiger partial charge in [0.1, 0.15) is 4.70 Å². The summed E-state index contributed by atoms with van der Waals surface area (Å²) >= 11 is 2.68. The molecule has 0 radical (unpaired) electrons. The van der Waals surface area contributed by atoms with Crippen molar-refractivity contribution in [2.24, 2.45) is 5.92 Å². The Morgan fingerprint density at radius 2 is 1.91 bits per heavy atom. The number of halogens is 3. The Balaban J connectivity index is 1.53. The first kappa shape index (κ1) is 22.5. The Morgan fingerprint density at radius 1 is 1.16 bits per heavy atom. The van der Waals surface area contributed by atoms with Crippen LogP contribution < -0.4 is 5.56 Å². The van der Waals surface area contributed by atoms with E-state index in [0.717, 1.165) is 18.6 Å². The van der Waals surface area contributed by atoms with E-state index in [1.807, 2.05) is 11.4 Å². The van der Waals surface area contributed by atoms with E-state index < -0.39 is 11.7 Å². The first-order valence-corrected chi connectivity index (χ1v) is 11.7. The van der Waals surface area contributed by atoms with E-state index in [4.69, 9.17) is 4.52 Å². The third-order valence-corrected chi connectivity index (χ3v) is 6.58. The highest BCUT2D eigenvalue weighted by atomic mass is 32.2. The van der Waals surface area contributed by atoms with Crippen LogP contribution in [-0.2, 0) is 18.5 Å². The Morgan fingerprint density at radius 3 is 2.59 bits per heavy atom. The second-order valence-electron chi connectivity index (χ2n) is 7.54. The van der Waals surface area contributed by atoms with E-state index in [1.54, 1.807) is 4.57 Å². The Kier molecular flexibility index (Phi) is 6.38. The van der Waals surface area contributed by atoms with Crippen LogP contribution in [0.2, 0.25) is 0 Å². The van der Waals surface area contributed by atoms with Crippen molar-refractivity contribution in [2.75, 3.05) is 0 Å². The van der Waals surface area contributed by atoms with Gasteiger partial charge in [0.25, 0.3) is 5.56 Å². The number of nitrogens with zero attached hydrogens (tertiary/aromatic N) is 4. The van der Waals surface area contributed by atoms with Crippen molar-refractivity contribution in [2.45, 2.75) is 43.9 Å². The molecular formula is C21H19F3N4O2S2. The fourth-order valence-electron chi connectivity index (χ4n) is 2.98. The molecule has 0 spiro atoms. The Labute approximate surface area is 189 Å². The molecule has 168 valence electrons. The van der Waals surface area contributed by atoms with Gasteiger partial charge in [-0.25, -0.2) is 4.98 Å². The molecule has 3 aromatic heterocycles. The molecule has 11 heteroatoms. The molecule has 0 aliphatic carbocycles. The second-order valence-corrected chi connectivity index (χ2v) is 9.40. The van der Waals surface area contributed by atoms with Crippen molar-refractivity contribution < 1.29 is 17.7 Å². The third kappa shape index (κ3) is 4.88. The minimum absolute atomic E-state index is 0.0656. The Hall–Kier alpha value is -2.66. The van der Waals surface area contributed by atoms with E-state index >= 15 is 0 Å². The molecule has 0 aliphatic heterocycles. The van der Waals surface area contributed by atoms with Crippen LogP contribution in [0.5, 0.6) is 0 Å². The van der Waals surface area contributed by atoms with Crippen LogP contribution in [0.15, 0.2) is 50.2 Å². The molecule has 0 saturated heterocycles. The van der Waals surface area contributed by atoms with Crippen LogP contribution in [0.25, 0.3) is 21.6 Å². The zero-order valence-corrected chi connectivity index (χ0v) is 18.9. The van der Waals surface area contributed by atoms with Gasteiger partial charge in [-0.15, -0.1) is 11.3 Å². The molecule has 0 amide bonds. The summed E-state index contributed by atoms with van der Waals surface area (Å²) in [5.41, 5.74) is 0.267. The van der Waals surface area contributed by atoms with Crippen molar-refractivity contribution in [1.29, 1.82) is 0 Å². The lowest BCUT2D eigenvalue weighted by atomic mass is 10.1. The lowest BCUT2D eigenvalue weighted by molar-refractivity contribution is -0.137. The largest absolute Gasteiger partial charge is 0.416 e. The number of aromatic nitrogens is 4. The van der Waals surface area contributed by atoms with Crippen LogP contribution in [0.4, 0.5) is 13.2 Å². The lowest BCUT2D eigenvalue weighted by Gasteiger charge is -2.12. The van der Waals surface area contributed by atoms with Gasteiger partial charge in [-0.05, 0) is 35.9 Å². The van der Waals surface area contributed by atoms with E-state index in [9.17, 15) is 18.0 Å². The standard InChI is InChI=1S/C21H19F3N4O2S2/c1-12(2)7-9-28-19(29)17-15(8-10-31-17)25-20(28)32-11-16-26-18(27-30-16)13-3-5-14(6-4-13)21(22,23)24/h3-6,8,10,12H,7,9,11H2,1-2H3. The van der Waals surface area contributed by atoms with Gasteiger partial charge >= 0.3 is 6.18 Å². The predicted molar refractivity (Wildman–Crippen MR) is 118 cm³/mol. The topological polar surface area (TPSA) is 73.8 Å². The fourth-order valence-corrected chi connectivity index (χ4v) is 4.62. The minimum atomic E-state index is -4.40. The third-order valence-electron chi connectivity index (χ3n) is 4.72. The van der Waals surface area contributed by atoms with Gasteiger partial charge < -0.3 is 4.52 Å². The molecule has 0 atom stereocenters. The van der Waals surface area contributed by atoms with Crippen molar-refractivity contribution in [3.63, 3.8) is 0 Å². The number of benzene rings is 1. The number of hydrogen-bond donors (Lipinski definition) is 0. The summed E-state index contributed by atoms with van der Waals surface area (Å²) in [4.78, 5) is 21.8. The van der Waals surface area contributed by atoms with Gasteiger partial charge in [-0.2, -0.15) is 18.2 Å². The molecule has 0 unspecified atom stereocenters. The lowest BCUT2D eigenvalue weighted by Crippen LogP contribution is -2.23. The molecule has 0 aliphatic rings. The van der Waals surface area contributed by atoms with Crippen molar-refractivity contribution in [3.8, 4) is 11.4 Å². The van der Waals surface area contributed by atoms with Gasteiger partial charge in [0, 0.05) is 12.1 Å². The van der Waals surface area contributed by atoms with E-state index in [1.165, 1.54) is 35.2 Å². The van der Waals surface area contributed by atoms with E-state index in [-0.39, 0.29) is 17.1 Å². The first-order chi connectivity index (χ1) is 15.2. The smallest absolute Gasteiger partial charge is 0.338 e. The maximum Gasteiger partial charge on any atom is 0.416 e. The molecule has 0 N–H and O–H groups in total. The maximum absolute atomic E-state index is 12.9. The summed E-state index contributed by atoms with van der Waals surface area (Å²) in [6.45, 7) is 4.74. The van der Waals surface area contributed by atoms with Crippen LogP contribution in [-0.4, -0.2) is 19.7 Å². The van der Waals surface area contributed by atoms with Crippen LogP contribution in [0.3, 0.4) is 0 Å². The average Bonchev–Trinajstić information content (AvgIpc) is 3.40. The predicted octanol–water partition coefficient (Wildman–Crippen LogP) is 5.87. The molecule has 32 heavy (non-hydrogen) atoms. The highest BCUT2D eigenvalue weighted by molar-refractivity contribution is 7.98. The number of rotatable bonds is 7. The van der Waals surface area contributed by atoms with Gasteiger partial charge in [0.15, 0.2) is 5.16 Å². The number of hydrogen-bond acceptors (Lipinski definition) is 7. The first-order valence-electron chi connectivity index (χ1n) is 9.83. The van der Waals surface area contributed by atoms with Gasteiger partial charge in [-0.1, -0.05) is 42.9 Å². The minimum Gasteiger partial charge on any atom is -0.338 e. The number of alkyl halides is 3. The molecule has 6 nitrogen and oxygen atoms in total. The van der Waals surface area contributed by atoms with Gasteiger partial charge in [0.05, 0.1) is 16.8 Å². The number of thioether (sulfide) groups is 1. The summed E-state index contributed by atoms with van der Waals surface area (Å²) in [6, 6.07) is 6.38. The summed E-state index contributed by atoms with van der Waals surface area (Å²) in [5, 5.41) is 6.27.